The Balaban J connectivity index is 1.95. The minimum Gasteiger partial charge on any atom is -0.481 e. The van der Waals surface area contributed by atoms with Crippen LogP contribution in [0, 0.1) is 5.41 Å². The summed E-state index contributed by atoms with van der Waals surface area (Å²) < 4.78 is 0. The van der Waals surface area contributed by atoms with Crippen molar-refractivity contribution in [2.24, 2.45) is 5.41 Å². The molecule has 1 aliphatic heterocycles. The Kier molecular flexibility index (Phi) is 3.73. The molecular weight excluding hydrogens is 218 g/mol. The second-order valence-corrected chi connectivity index (χ2v) is 5.54. The van der Waals surface area contributed by atoms with E-state index in [1.165, 1.54) is 0 Å². The van der Waals surface area contributed by atoms with Crippen molar-refractivity contribution in [2.75, 3.05) is 13.1 Å². The number of carbonyl (C=O) groups is 1. The van der Waals surface area contributed by atoms with Gasteiger partial charge in [0.15, 0.2) is 0 Å². The third kappa shape index (κ3) is 2.33. The van der Waals surface area contributed by atoms with Gasteiger partial charge >= 0.3 is 5.97 Å². The van der Waals surface area contributed by atoms with E-state index < -0.39 is 11.4 Å². The van der Waals surface area contributed by atoms with Crippen LogP contribution in [-0.2, 0) is 4.79 Å². The lowest BCUT2D eigenvalue weighted by atomic mass is 9.76. The summed E-state index contributed by atoms with van der Waals surface area (Å²) >= 11 is 0. The molecule has 1 saturated carbocycles. The predicted molar refractivity (Wildman–Crippen MR) is 64.8 cm³/mol. The quantitative estimate of drug-likeness (QED) is 0.785. The minimum atomic E-state index is -0.647. The van der Waals surface area contributed by atoms with Crippen LogP contribution in [0.2, 0.25) is 0 Å². The van der Waals surface area contributed by atoms with E-state index >= 15 is 0 Å². The summed E-state index contributed by atoms with van der Waals surface area (Å²) in [6.45, 7) is 3.61. The highest BCUT2D eigenvalue weighted by Crippen LogP contribution is 2.37. The van der Waals surface area contributed by atoms with Gasteiger partial charge in [0.25, 0.3) is 0 Å². The first-order chi connectivity index (χ1) is 8.09. The van der Waals surface area contributed by atoms with Crippen molar-refractivity contribution < 1.29 is 15.0 Å². The Morgan fingerprint density at radius 1 is 1.35 bits per heavy atom. The molecule has 2 fully saturated rings. The lowest BCUT2D eigenvalue weighted by molar-refractivity contribution is -0.153. The molecule has 2 atom stereocenters. The van der Waals surface area contributed by atoms with E-state index in [1.807, 2.05) is 6.92 Å². The van der Waals surface area contributed by atoms with E-state index in [1.54, 1.807) is 0 Å². The third-order valence-electron chi connectivity index (χ3n) is 4.80. The van der Waals surface area contributed by atoms with Gasteiger partial charge in [-0.25, -0.2) is 0 Å². The smallest absolute Gasteiger partial charge is 0.309 e. The van der Waals surface area contributed by atoms with Gasteiger partial charge in [-0.05, 0) is 51.6 Å². The van der Waals surface area contributed by atoms with E-state index in [2.05, 4.69) is 4.90 Å². The van der Waals surface area contributed by atoms with Gasteiger partial charge in [-0.3, -0.25) is 9.69 Å². The van der Waals surface area contributed by atoms with E-state index in [0.29, 0.717) is 6.42 Å². The number of aliphatic hydroxyl groups is 1. The maximum absolute atomic E-state index is 11.3. The number of aliphatic carboxylic acids is 1. The molecule has 0 aromatic heterocycles. The van der Waals surface area contributed by atoms with Crippen LogP contribution in [0.3, 0.4) is 0 Å². The summed E-state index contributed by atoms with van der Waals surface area (Å²) in [7, 11) is 0. The summed E-state index contributed by atoms with van der Waals surface area (Å²) in [4.78, 5) is 13.6. The number of hydrogen-bond acceptors (Lipinski definition) is 3. The van der Waals surface area contributed by atoms with Crippen LogP contribution in [-0.4, -0.2) is 46.3 Å². The lowest BCUT2D eigenvalue weighted by Crippen LogP contribution is -2.49. The normalized spacial score (nSPS) is 33.8. The van der Waals surface area contributed by atoms with E-state index in [9.17, 15) is 15.0 Å². The van der Waals surface area contributed by atoms with Crippen molar-refractivity contribution in [3.8, 4) is 0 Å². The van der Waals surface area contributed by atoms with Crippen LogP contribution in [0.15, 0.2) is 0 Å². The average molecular weight is 241 g/mol. The molecule has 0 radical (unpaired) electrons. The van der Waals surface area contributed by atoms with Crippen LogP contribution in [0.4, 0.5) is 0 Å². The highest BCUT2D eigenvalue weighted by atomic mass is 16.4. The third-order valence-corrected chi connectivity index (χ3v) is 4.80. The molecule has 98 valence electrons. The molecule has 1 aliphatic carbocycles. The van der Waals surface area contributed by atoms with Crippen molar-refractivity contribution in [2.45, 2.75) is 57.6 Å². The molecule has 2 N–H and O–H groups in total. The van der Waals surface area contributed by atoms with Crippen LogP contribution < -0.4 is 0 Å². The van der Waals surface area contributed by atoms with Gasteiger partial charge < -0.3 is 10.2 Å². The first-order valence-corrected chi connectivity index (χ1v) is 6.74. The van der Waals surface area contributed by atoms with Gasteiger partial charge in [0.05, 0.1) is 11.5 Å². The number of hydrogen-bond donors (Lipinski definition) is 2. The Morgan fingerprint density at radius 3 is 2.41 bits per heavy atom. The Bertz CT molecular complexity index is 284. The Labute approximate surface area is 103 Å². The second-order valence-electron chi connectivity index (χ2n) is 5.54. The molecule has 2 aliphatic rings. The molecule has 4 heteroatoms. The summed E-state index contributed by atoms with van der Waals surface area (Å²) in [5.41, 5.74) is -0.514. The fourth-order valence-electron chi connectivity index (χ4n) is 3.35. The fraction of sp³-hybridized carbons (Fsp3) is 0.923. The first kappa shape index (κ1) is 12.8. The van der Waals surface area contributed by atoms with E-state index in [-0.39, 0.29) is 12.1 Å². The average Bonchev–Trinajstić information content (AvgIpc) is 2.75. The SMILES string of the molecule is CCC1(C(=O)O)CCN(C2CCCC2O)CC1. The van der Waals surface area contributed by atoms with Gasteiger partial charge in [-0.15, -0.1) is 0 Å². The second kappa shape index (κ2) is 4.94. The van der Waals surface area contributed by atoms with Crippen molar-refractivity contribution in [1.82, 2.24) is 4.90 Å². The van der Waals surface area contributed by atoms with Gasteiger partial charge in [-0.1, -0.05) is 6.92 Å². The Morgan fingerprint density at radius 2 is 2.00 bits per heavy atom. The van der Waals surface area contributed by atoms with Gasteiger partial charge in [0.2, 0.25) is 0 Å². The zero-order chi connectivity index (χ0) is 12.5. The molecule has 0 spiro atoms. The number of aliphatic hydroxyl groups excluding tert-OH is 1. The van der Waals surface area contributed by atoms with E-state index in [0.717, 1.165) is 45.2 Å². The number of carboxylic acid groups (broad SMARTS) is 1. The highest BCUT2D eigenvalue weighted by molar-refractivity contribution is 5.74. The van der Waals surface area contributed by atoms with Crippen LogP contribution in [0.5, 0.6) is 0 Å². The molecule has 1 saturated heterocycles. The van der Waals surface area contributed by atoms with Gasteiger partial charge in [0.1, 0.15) is 0 Å². The van der Waals surface area contributed by atoms with Crippen molar-refractivity contribution in [1.29, 1.82) is 0 Å². The largest absolute Gasteiger partial charge is 0.481 e. The number of likely N-dealkylation sites (tertiary alicyclic amines) is 1. The van der Waals surface area contributed by atoms with Gasteiger partial charge in [-0.2, -0.15) is 0 Å². The van der Waals surface area contributed by atoms with Crippen LogP contribution in [0.25, 0.3) is 0 Å². The van der Waals surface area contributed by atoms with E-state index in [4.69, 9.17) is 0 Å². The molecule has 2 unspecified atom stereocenters. The maximum Gasteiger partial charge on any atom is 0.309 e. The Hall–Kier alpha value is -0.610. The number of carboxylic acids is 1. The summed E-state index contributed by atoms with van der Waals surface area (Å²) in [5.74, 6) is -0.647. The number of piperidine rings is 1. The lowest BCUT2D eigenvalue weighted by Gasteiger charge is -2.41. The molecule has 0 amide bonds. The molecule has 2 rings (SSSR count). The van der Waals surface area contributed by atoms with Crippen LogP contribution in [0.1, 0.15) is 45.4 Å². The molecule has 0 aromatic carbocycles. The van der Waals surface area contributed by atoms with Crippen molar-refractivity contribution in [3.63, 3.8) is 0 Å². The van der Waals surface area contributed by atoms with Crippen molar-refractivity contribution in [3.05, 3.63) is 0 Å². The molecule has 17 heavy (non-hydrogen) atoms. The first-order valence-electron chi connectivity index (χ1n) is 6.74. The predicted octanol–water partition coefficient (Wildman–Crippen LogP) is 1.48. The summed E-state index contributed by atoms with van der Waals surface area (Å²) in [6.07, 6.45) is 5.02. The monoisotopic (exact) mass is 241 g/mol. The van der Waals surface area contributed by atoms with Crippen molar-refractivity contribution >= 4 is 5.97 Å². The zero-order valence-corrected chi connectivity index (χ0v) is 10.6. The number of nitrogens with zero attached hydrogens (tertiary/aromatic N) is 1. The highest BCUT2D eigenvalue weighted by Gasteiger charge is 2.42. The standard InChI is InChI=1S/C13H23NO3/c1-2-13(12(16)17)6-8-14(9-7-13)10-4-3-5-11(10)15/h10-11,15H,2-9H2,1H3,(H,16,17). The molecule has 4 nitrogen and oxygen atoms in total. The topological polar surface area (TPSA) is 60.8 Å². The van der Waals surface area contributed by atoms with Gasteiger partial charge in [0, 0.05) is 6.04 Å². The molecule has 1 heterocycles. The minimum absolute atomic E-state index is 0.200. The molecular formula is C13H23NO3. The number of rotatable bonds is 3. The van der Waals surface area contributed by atoms with Crippen LogP contribution >= 0.6 is 0 Å². The zero-order valence-electron chi connectivity index (χ0n) is 10.6. The maximum atomic E-state index is 11.3. The molecule has 0 aromatic rings. The summed E-state index contributed by atoms with van der Waals surface area (Å²) in [6, 6.07) is 0.277. The summed E-state index contributed by atoms with van der Waals surface area (Å²) in [5, 5.41) is 19.2. The fourth-order valence-corrected chi connectivity index (χ4v) is 3.35. The molecule has 0 bridgehead atoms.